The number of ether oxygens (including phenoxy) is 2. The maximum absolute atomic E-state index is 11.4. The fourth-order valence-corrected chi connectivity index (χ4v) is 2.72. The number of carbonyl (C=O) groups excluding carboxylic acids is 2. The first-order valence-corrected chi connectivity index (χ1v) is 5.57. The largest absolute Gasteiger partial charge is 0.405 e. The van der Waals surface area contributed by atoms with Gasteiger partial charge in [-0.05, 0) is 18.8 Å². The molecule has 3 saturated heterocycles. The molecule has 0 aromatic heterocycles. The second-order valence-corrected chi connectivity index (χ2v) is 4.52. The average molecular weight is 223 g/mol. The van der Waals surface area contributed by atoms with Crippen LogP contribution in [0.4, 0.5) is 0 Å². The van der Waals surface area contributed by atoms with Crippen molar-refractivity contribution < 1.29 is 19.1 Å². The van der Waals surface area contributed by atoms with Gasteiger partial charge >= 0.3 is 17.8 Å². The summed E-state index contributed by atoms with van der Waals surface area (Å²) in [5.74, 6) is -1.64. The predicted octanol–water partition coefficient (Wildman–Crippen LogP) is 0.412. The van der Waals surface area contributed by atoms with Gasteiger partial charge in [-0.2, -0.15) is 0 Å². The molecule has 1 spiro atoms. The van der Waals surface area contributed by atoms with Gasteiger partial charge < -0.3 is 9.47 Å². The van der Waals surface area contributed by atoms with Gasteiger partial charge in [-0.3, -0.25) is 0 Å². The van der Waals surface area contributed by atoms with Crippen LogP contribution in [-0.4, -0.2) is 35.8 Å². The summed E-state index contributed by atoms with van der Waals surface area (Å²) in [6, 6.07) is 0. The molecule has 4 aliphatic rings. The second-order valence-electron chi connectivity index (χ2n) is 4.52. The highest BCUT2D eigenvalue weighted by Gasteiger charge is 2.52. The maximum atomic E-state index is 11.4. The standard InChI is InChI=1S/C11H13NO4/c13-9-1-2-10(14)16-11(15-9)7-8-3-5-12(11)6-4-8/h1-2,8H,3-7H2. The summed E-state index contributed by atoms with van der Waals surface area (Å²) in [5, 5.41) is 0. The maximum Gasteiger partial charge on any atom is 0.335 e. The van der Waals surface area contributed by atoms with Gasteiger partial charge in [0.15, 0.2) is 0 Å². The van der Waals surface area contributed by atoms with Crippen molar-refractivity contribution >= 4 is 11.9 Å². The molecule has 0 aromatic carbocycles. The molecule has 5 nitrogen and oxygen atoms in total. The van der Waals surface area contributed by atoms with Crippen molar-refractivity contribution in [2.24, 2.45) is 5.92 Å². The molecule has 0 aliphatic carbocycles. The highest BCUT2D eigenvalue weighted by Crippen LogP contribution is 2.41. The Bertz CT molecular complexity index is 348. The van der Waals surface area contributed by atoms with E-state index in [4.69, 9.17) is 9.47 Å². The summed E-state index contributed by atoms with van der Waals surface area (Å²) in [6.45, 7) is 1.65. The van der Waals surface area contributed by atoms with Gasteiger partial charge in [-0.25, -0.2) is 14.5 Å². The molecule has 3 fully saturated rings. The highest BCUT2D eigenvalue weighted by atomic mass is 16.8. The Kier molecular flexibility index (Phi) is 2.04. The molecule has 4 heterocycles. The van der Waals surface area contributed by atoms with Crippen LogP contribution in [0.2, 0.25) is 0 Å². The number of fused-ring (bicyclic) bond motifs is 2. The fraction of sp³-hybridized carbons (Fsp3) is 0.636. The molecular weight excluding hydrogens is 210 g/mol. The fourth-order valence-electron chi connectivity index (χ4n) is 2.72. The number of carbonyl (C=O) groups is 2. The van der Waals surface area contributed by atoms with E-state index >= 15 is 0 Å². The third-order valence-electron chi connectivity index (χ3n) is 3.52. The Hall–Kier alpha value is -1.36. The Morgan fingerprint density at radius 3 is 2.12 bits per heavy atom. The highest BCUT2D eigenvalue weighted by molar-refractivity contribution is 5.93. The van der Waals surface area contributed by atoms with Crippen LogP contribution >= 0.6 is 0 Å². The van der Waals surface area contributed by atoms with Crippen LogP contribution in [-0.2, 0) is 19.1 Å². The monoisotopic (exact) mass is 223 g/mol. The Labute approximate surface area is 93.0 Å². The van der Waals surface area contributed by atoms with E-state index in [0.29, 0.717) is 12.3 Å². The van der Waals surface area contributed by atoms with Crippen molar-refractivity contribution in [1.82, 2.24) is 4.90 Å². The van der Waals surface area contributed by atoms with E-state index in [1.54, 1.807) is 0 Å². The summed E-state index contributed by atoms with van der Waals surface area (Å²) in [5.41, 5.74) is 0. The summed E-state index contributed by atoms with van der Waals surface area (Å²) < 4.78 is 10.6. The molecule has 5 heteroatoms. The van der Waals surface area contributed by atoms with E-state index in [2.05, 4.69) is 0 Å². The number of piperidine rings is 3. The molecule has 16 heavy (non-hydrogen) atoms. The molecule has 0 saturated carbocycles. The van der Waals surface area contributed by atoms with E-state index in [9.17, 15) is 9.59 Å². The molecule has 0 amide bonds. The van der Waals surface area contributed by atoms with Crippen molar-refractivity contribution in [2.45, 2.75) is 25.2 Å². The first kappa shape index (κ1) is 9.84. The Morgan fingerprint density at radius 2 is 1.69 bits per heavy atom. The van der Waals surface area contributed by atoms with Gasteiger partial charge in [0.05, 0.1) is 0 Å². The van der Waals surface area contributed by atoms with Crippen LogP contribution in [0.1, 0.15) is 19.3 Å². The molecule has 0 aromatic rings. The summed E-state index contributed by atoms with van der Waals surface area (Å²) in [4.78, 5) is 24.8. The van der Waals surface area contributed by atoms with E-state index in [0.717, 1.165) is 38.1 Å². The van der Waals surface area contributed by atoms with Crippen LogP contribution in [0.3, 0.4) is 0 Å². The minimum atomic E-state index is -1.13. The van der Waals surface area contributed by atoms with Crippen molar-refractivity contribution in [2.75, 3.05) is 13.1 Å². The van der Waals surface area contributed by atoms with E-state index in [-0.39, 0.29) is 0 Å². The molecule has 2 bridgehead atoms. The quantitative estimate of drug-likeness (QED) is 0.557. The minimum absolute atomic E-state index is 0.490. The van der Waals surface area contributed by atoms with E-state index < -0.39 is 17.8 Å². The van der Waals surface area contributed by atoms with Crippen LogP contribution < -0.4 is 0 Å². The summed E-state index contributed by atoms with van der Waals surface area (Å²) in [6.07, 6.45) is 5.03. The molecular formula is C11H13NO4. The molecule has 0 atom stereocenters. The number of hydrogen-bond acceptors (Lipinski definition) is 5. The molecule has 86 valence electrons. The van der Waals surface area contributed by atoms with Crippen molar-refractivity contribution in [3.05, 3.63) is 12.2 Å². The number of hydrogen-bond donors (Lipinski definition) is 0. The van der Waals surface area contributed by atoms with Crippen LogP contribution in [0, 0.1) is 5.92 Å². The molecule has 0 unspecified atom stereocenters. The van der Waals surface area contributed by atoms with Crippen molar-refractivity contribution in [3.63, 3.8) is 0 Å². The van der Waals surface area contributed by atoms with Crippen LogP contribution in [0.5, 0.6) is 0 Å². The smallest absolute Gasteiger partial charge is 0.335 e. The molecule has 0 radical (unpaired) electrons. The number of esters is 2. The molecule has 0 N–H and O–H groups in total. The molecule has 4 rings (SSSR count). The van der Waals surface area contributed by atoms with Crippen molar-refractivity contribution in [1.29, 1.82) is 0 Å². The lowest BCUT2D eigenvalue weighted by atomic mass is 9.85. The van der Waals surface area contributed by atoms with E-state index in [1.165, 1.54) is 0 Å². The SMILES string of the molecule is O=C1C=CC(=O)OC2(CC3CCN2CC3)O1. The van der Waals surface area contributed by atoms with Crippen molar-refractivity contribution in [3.8, 4) is 0 Å². The van der Waals surface area contributed by atoms with Gasteiger partial charge in [-0.1, -0.05) is 0 Å². The minimum Gasteiger partial charge on any atom is -0.405 e. The van der Waals surface area contributed by atoms with Gasteiger partial charge in [0.25, 0.3) is 0 Å². The Morgan fingerprint density at radius 1 is 1.12 bits per heavy atom. The lowest BCUT2D eigenvalue weighted by molar-refractivity contribution is -0.312. The molecule has 4 aliphatic heterocycles. The third kappa shape index (κ3) is 1.43. The van der Waals surface area contributed by atoms with Gasteiger partial charge in [0.1, 0.15) is 0 Å². The zero-order valence-electron chi connectivity index (χ0n) is 8.85. The zero-order valence-corrected chi connectivity index (χ0v) is 8.85. The Balaban J connectivity index is 1.92. The second kappa shape index (κ2) is 3.31. The number of rotatable bonds is 0. The van der Waals surface area contributed by atoms with E-state index in [1.807, 2.05) is 4.90 Å². The number of nitrogens with zero attached hydrogens (tertiary/aromatic N) is 1. The lowest BCUT2D eigenvalue weighted by Crippen LogP contribution is -2.62. The van der Waals surface area contributed by atoms with Crippen LogP contribution in [0.15, 0.2) is 12.2 Å². The predicted molar refractivity (Wildman–Crippen MR) is 53.0 cm³/mol. The average Bonchev–Trinajstić information content (AvgIpc) is 2.40. The van der Waals surface area contributed by atoms with Gasteiger partial charge in [0, 0.05) is 31.7 Å². The summed E-state index contributed by atoms with van der Waals surface area (Å²) >= 11 is 0. The van der Waals surface area contributed by atoms with Gasteiger partial charge in [0.2, 0.25) is 0 Å². The van der Waals surface area contributed by atoms with Gasteiger partial charge in [-0.15, -0.1) is 0 Å². The van der Waals surface area contributed by atoms with Crippen LogP contribution in [0.25, 0.3) is 0 Å². The first-order valence-electron chi connectivity index (χ1n) is 5.57. The lowest BCUT2D eigenvalue weighted by Gasteiger charge is -2.50. The third-order valence-corrected chi connectivity index (χ3v) is 3.52. The normalized spacial score (nSPS) is 35.8. The zero-order chi connectivity index (χ0) is 11.2. The topological polar surface area (TPSA) is 55.8 Å². The first-order chi connectivity index (χ1) is 7.68. The summed E-state index contributed by atoms with van der Waals surface area (Å²) in [7, 11) is 0.